The fourth-order valence-corrected chi connectivity index (χ4v) is 3.61. The average molecular weight is 378 g/mol. The van der Waals surface area contributed by atoms with Gasteiger partial charge >= 0.3 is 0 Å². The van der Waals surface area contributed by atoms with Gasteiger partial charge in [-0.3, -0.25) is 0 Å². The summed E-state index contributed by atoms with van der Waals surface area (Å²) in [5.41, 5.74) is 8.67. The summed E-state index contributed by atoms with van der Waals surface area (Å²) in [6.45, 7) is 0. The molecule has 0 saturated carbocycles. The number of nitrogens with one attached hydrogen (secondary N) is 1. The van der Waals surface area contributed by atoms with Crippen molar-refractivity contribution in [3.05, 3.63) is 54.9 Å². The Hall–Kier alpha value is -3.39. The first-order valence-corrected chi connectivity index (χ1v) is 9.08. The minimum Gasteiger partial charge on any atom is -0.497 e. The van der Waals surface area contributed by atoms with Crippen LogP contribution >= 0.6 is 11.3 Å². The molecule has 2 heterocycles. The van der Waals surface area contributed by atoms with Crippen molar-refractivity contribution in [2.45, 2.75) is 0 Å². The van der Waals surface area contributed by atoms with Crippen LogP contribution in [0, 0.1) is 0 Å². The minimum atomic E-state index is 0.459. The average Bonchev–Trinajstić information content (AvgIpc) is 3.11. The van der Waals surface area contributed by atoms with E-state index in [1.807, 2.05) is 60.5 Å². The number of para-hydroxylation sites is 1. The fraction of sp³-hybridized carbons (Fsp3) is 0.105. The van der Waals surface area contributed by atoms with E-state index in [9.17, 15) is 0 Å². The molecule has 136 valence electrons. The number of anilines is 5. The van der Waals surface area contributed by atoms with Crippen LogP contribution in [0.1, 0.15) is 0 Å². The van der Waals surface area contributed by atoms with E-state index in [0.29, 0.717) is 22.5 Å². The number of aromatic nitrogens is 3. The van der Waals surface area contributed by atoms with Gasteiger partial charge in [-0.1, -0.05) is 29.5 Å². The number of nitrogens with two attached hydrogens (primary N) is 1. The van der Waals surface area contributed by atoms with E-state index < -0.39 is 0 Å². The molecule has 0 bridgehead atoms. The van der Waals surface area contributed by atoms with Crippen LogP contribution in [0.15, 0.2) is 54.9 Å². The number of fused-ring (bicyclic) bond motifs is 1. The Kier molecular flexibility index (Phi) is 4.47. The van der Waals surface area contributed by atoms with Crippen LogP contribution in [0.2, 0.25) is 0 Å². The molecule has 0 saturated heterocycles. The Bertz CT molecular complexity index is 1080. The molecule has 4 aromatic rings. The van der Waals surface area contributed by atoms with Crippen LogP contribution in [0.4, 0.5) is 28.1 Å². The number of benzene rings is 2. The number of methoxy groups -OCH3 is 1. The molecule has 0 atom stereocenters. The van der Waals surface area contributed by atoms with Gasteiger partial charge in [0.2, 0.25) is 0 Å². The number of hydrogen-bond donors (Lipinski definition) is 2. The molecule has 0 amide bonds. The third-order valence-corrected chi connectivity index (χ3v) is 5.08. The first-order chi connectivity index (χ1) is 13.2. The zero-order valence-corrected chi connectivity index (χ0v) is 15.7. The van der Waals surface area contributed by atoms with Crippen molar-refractivity contribution in [3.8, 4) is 5.75 Å². The lowest BCUT2D eigenvalue weighted by Crippen LogP contribution is -2.14. The Morgan fingerprint density at radius 2 is 1.93 bits per heavy atom. The predicted octanol–water partition coefficient (Wildman–Crippen LogP) is 4.19. The van der Waals surface area contributed by atoms with Crippen molar-refractivity contribution >= 4 is 49.7 Å². The molecule has 0 spiro atoms. The minimum absolute atomic E-state index is 0.459. The van der Waals surface area contributed by atoms with Crippen LogP contribution in [-0.2, 0) is 0 Å². The van der Waals surface area contributed by atoms with Gasteiger partial charge in [-0.2, -0.15) is 0 Å². The van der Waals surface area contributed by atoms with E-state index in [1.165, 1.54) is 17.7 Å². The largest absolute Gasteiger partial charge is 0.497 e. The maximum atomic E-state index is 6.34. The summed E-state index contributed by atoms with van der Waals surface area (Å²) in [7, 11) is 3.56. The second kappa shape index (κ2) is 7.08. The third-order valence-electron chi connectivity index (χ3n) is 4.15. The second-order valence-corrected chi connectivity index (χ2v) is 6.86. The number of thiazole rings is 1. The Morgan fingerprint density at radius 1 is 1.11 bits per heavy atom. The highest BCUT2D eigenvalue weighted by Crippen LogP contribution is 2.34. The maximum absolute atomic E-state index is 6.34. The molecule has 2 aromatic carbocycles. The van der Waals surface area contributed by atoms with Crippen molar-refractivity contribution < 1.29 is 4.74 Å². The van der Waals surface area contributed by atoms with E-state index in [2.05, 4.69) is 20.3 Å². The van der Waals surface area contributed by atoms with E-state index in [4.69, 9.17) is 10.5 Å². The van der Waals surface area contributed by atoms with Crippen LogP contribution in [0.3, 0.4) is 0 Å². The van der Waals surface area contributed by atoms with Crippen LogP contribution in [-0.4, -0.2) is 29.1 Å². The smallest absolute Gasteiger partial charge is 0.189 e. The predicted molar refractivity (Wildman–Crippen MR) is 110 cm³/mol. The van der Waals surface area contributed by atoms with E-state index in [-0.39, 0.29) is 0 Å². The first kappa shape index (κ1) is 17.0. The van der Waals surface area contributed by atoms with Crippen molar-refractivity contribution in [2.24, 2.45) is 0 Å². The SMILES string of the molecule is COc1ccc2nc(Nc3ncnc(N(C)c4ccccc4)c3N)sc2c1. The van der Waals surface area contributed by atoms with Crippen LogP contribution < -0.4 is 20.7 Å². The summed E-state index contributed by atoms with van der Waals surface area (Å²) in [5.74, 6) is 1.95. The molecule has 0 unspecified atom stereocenters. The molecule has 3 N–H and O–H groups in total. The molecule has 7 nitrogen and oxygen atoms in total. The summed E-state index contributed by atoms with van der Waals surface area (Å²) >= 11 is 1.51. The molecular weight excluding hydrogens is 360 g/mol. The van der Waals surface area contributed by atoms with Gasteiger partial charge in [-0.15, -0.1) is 0 Å². The monoisotopic (exact) mass is 378 g/mol. The molecular formula is C19H18N6OS. The van der Waals surface area contributed by atoms with Gasteiger partial charge < -0.3 is 20.7 Å². The first-order valence-electron chi connectivity index (χ1n) is 8.26. The van der Waals surface area contributed by atoms with Crippen LogP contribution in [0.5, 0.6) is 5.75 Å². The van der Waals surface area contributed by atoms with E-state index >= 15 is 0 Å². The highest BCUT2D eigenvalue weighted by molar-refractivity contribution is 7.22. The summed E-state index contributed by atoms with van der Waals surface area (Å²) < 4.78 is 6.28. The molecule has 27 heavy (non-hydrogen) atoms. The lowest BCUT2D eigenvalue weighted by Gasteiger charge is -2.20. The van der Waals surface area contributed by atoms with Gasteiger partial charge in [-0.05, 0) is 30.3 Å². The third kappa shape index (κ3) is 3.34. The molecule has 0 fully saturated rings. The highest BCUT2D eigenvalue weighted by Gasteiger charge is 2.15. The molecule has 8 heteroatoms. The molecule has 2 aromatic heterocycles. The molecule has 0 aliphatic rings. The normalized spacial score (nSPS) is 10.7. The Labute approximate surface area is 160 Å². The van der Waals surface area contributed by atoms with Gasteiger partial charge in [-0.25, -0.2) is 15.0 Å². The molecule has 0 aliphatic carbocycles. The van der Waals surface area contributed by atoms with Crippen molar-refractivity contribution in [1.29, 1.82) is 0 Å². The van der Waals surface area contributed by atoms with Gasteiger partial charge in [0.1, 0.15) is 17.8 Å². The quantitative estimate of drug-likeness (QED) is 0.538. The summed E-state index contributed by atoms with van der Waals surface area (Å²) in [5, 5.41) is 3.92. The number of rotatable bonds is 5. The van der Waals surface area contributed by atoms with Crippen LogP contribution in [0.25, 0.3) is 10.2 Å². The Morgan fingerprint density at radius 3 is 2.70 bits per heavy atom. The lowest BCUT2D eigenvalue weighted by molar-refractivity contribution is 0.415. The zero-order valence-electron chi connectivity index (χ0n) is 14.9. The standard InChI is InChI=1S/C19H18N6OS/c1-25(12-6-4-3-5-7-12)18-16(20)17(21-11-22-18)24-19-23-14-9-8-13(26-2)10-15(14)27-19/h3-11H,20H2,1-2H3,(H,21,22,23,24). The van der Waals surface area contributed by atoms with Gasteiger partial charge in [0.15, 0.2) is 16.8 Å². The van der Waals surface area contributed by atoms with Crippen molar-refractivity contribution in [2.75, 3.05) is 30.1 Å². The summed E-state index contributed by atoms with van der Waals surface area (Å²) in [4.78, 5) is 15.1. The molecule has 0 aliphatic heterocycles. The van der Waals surface area contributed by atoms with E-state index in [1.54, 1.807) is 7.11 Å². The van der Waals surface area contributed by atoms with Gasteiger partial charge in [0, 0.05) is 12.7 Å². The number of nitrogens with zero attached hydrogens (tertiary/aromatic N) is 4. The maximum Gasteiger partial charge on any atom is 0.189 e. The number of ether oxygens (including phenoxy) is 1. The topological polar surface area (TPSA) is 89.2 Å². The zero-order chi connectivity index (χ0) is 18.8. The summed E-state index contributed by atoms with van der Waals surface area (Å²) in [6, 6.07) is 15.7. The number of hydrogen-bond acceptors (Lipinski definition) is 8. The van der Waals surface area contributed by atoms with Gasteiger partial charge in [0.25, 0.3) is 0 Å². The van der Waals surface area contributed by atoms with Crippen molar-refractivity contribution in [1.82, 2.24) is 15.0 Å². The second-order valence-electron chi connectivity index (χ2n) is 5.83. The number of nitrogen functional groups attached to an aromatic ring is 1. The highest BCUT2D eigenvalue weighted by atomic mass is 32.1. The van der Waals surface area contributed by atoms with E-state index in [0.717, 1.165) is 21.7 Å². The molecule has 0 radical (unpaired) electrons. The summed E-state index contributed by atoms with van der Waals surface area (Å²) in [6.07, 6.45) is 1.49. The Balaban J connectivity index is 1.65. The molecule has 4 rings (SSSR count). The van der Waals surface area contributed by atoms with Gasteiger partial charge in [0.05, 0.1) is 17.3 Å². The fourth-order valence-electron chi connectivity index (χ4n) is 2.71. The lowest BCUT2D eigenvalue weighted by atomic mass is 10.3. The van der Waals surface area contributed by atoms with Crippen molar-refractivity contribution in [3.63, 3.8) is 0 Å².